The number of hydrogen-bond donors (Lipinski definition) is 1. The van der Waals surface area contributed by atoms with Gasteiger partial charge in [0, 0.05) is 0 Å². The van der Waals surface area contributed by atoms with Crippen molar-refractivity contribution < 1.29 is 14.3 Å². The number of aryl methyl sites for hydroxylation is 1. The maximum atomic E-state index is 11.1. The van der Waals surface area contributed by atoms with E-state index in [1.807, 2.05) is 26.8 Å². The van der Waals surface area contributed by atoms with Crippen molar-refractivity contribution in [2.24, 2.45) is 0 Å². The molecule has 2 rings (SSSR count). The molecule has 2 aromatic rings. The monoisotopic (exact) mass is 279 g/mol. The van der Waals surface area contributed by atoms with Crippen LogP contribution in [-0.4, -0.2) is 16.1 Å². The van der Waals surface area contributed by atoms with Crippen molar-refractivity contribution in [1.82, 2.24) is 4.98 Å². The molecule has 0 fully saturated rings. The van der Waals surface area contributed by atoms with E-state index in [4.69, 9.17) is 21.1 Å². The minimum absolute atomic E-state index is 0.0344. The van der Waals surface area contributed by atoms with Crippen molar-refractivity contribution >= 4 is 17.6 Å². The van der Waals surface area contributed by atoms with Gasteiger partial charge >= 0.3 is 5.97 Å². The van der Waals surface area contributed by atoms with Crippen LogP contribution >= 0.6 is 11.6 Å². The third-order valence-corrected chi connectivity index (χ3v) is 3.06. The summed E-state index contributed by atoms with van der Waals surface area (Å²) >= 11 is 6.14. The van der Waals surface area contributed by atoms with Crippen molar-refractivity contribution in [3.8, 4) is 11.5 Å². The molecule has 0 aliphatic rings. The zero-order valence-corrected chi connectivity index (χ0v) is 11.7. The van der Waals surface area contributed by atoms with Gasteiger partial charge in [-0.05, 0) is 30.5 Å². The average molecular weight is 280 g/mol. The molecule has 0 aliphatic carbocycles. The molecule has 1 heterocycles. The van der Waals surface area contributed by atoms with E-state index in [1.54, 1.807) is 12.1 Å². The molecule has 0 aliphatic heterocycles. The number of hydrogen-bond acceptors (Lipinski definition) is 3. The van der Waals surface area contributed by atoms with Crippen molar-refractivity contribution in [1.29, 1.82) is 0 Å². The van der Waals surface area contributed by atoms with Gasteiger partial charge < -0.3 is 9.52 Å². The predicted octanol–water partition coefficient (Wildman–Crippen LogP) is 4.13. The second-order valence-corrected chi connectivity index (χ2v) is 5.08. The first-order valence-electron chi connectivity index (χ1n) is 5.90. The second kappa shape index (κ2) is 5.05. The fraction of sp³-hybridized carbons (Fsp3) is 0.286. The maximum Gasteiger partial charge on any atom is 0.373 e. The summed E-state index contributed by atoms with van der Waals surface area (Å²) in [6.07, 6.45) is 0. The van der Waals surface area contributed by atoms with E-state index in [0.29, 0.717) is 16.3 Å². The van der Waals surface area contributed by atoms with E-state index in [2.05, 4.69) is 4.98 Å². The second-order valence-electron chi connectivity index (χ2n) is 4.68. The lowest BCUT2D eigenvalue weighted by Gasteiger charge is -2.00. The van der Waals surface area contributed by atoms with Crippen LogP contribution in [0.25, 0.3) is 11.5 Å². The molecule has 0 spiro atoms. The van der Waals surface area contributed by atoms with Crippen LogP contribution in [0.2, 0.25) is 5.02 Å². The zero-order chi connectivity index (χ0) is 14.2. The van der Waals surface area contributed by atoms with Crippen LogP contribution in [0.4, 0.5) is 0 Å². The van der Waals surface area contributed by atoms with Crippen LogP contribution in [0.5, 0.6) is 0 Å². The quantitative estimate of drug-likeness (QED) is 0.918. The molecule has 0 bridgehead atoms. The van der Waals surface area contributed by atoms with Gasteiger partial charge in [-0.15, -0.1) is 0 Å². The standard InChI is InChI=1S/C14H14ClNO3/c1-7(2)11-12(14(17)18)19-13(16-11)9-5-4-8(3)6-10(9)15/h4-7H,1-3H3,(H,17,18). The summed E-state index contributed by atoms with van der Waals surface area (Å²) in [7, 11) is 0. The fourth-order valence-corrected chi connectivity index (χ4v) is 2.10. The first-order chi connectivity index (χ1) is 8.90. The molecule has 0 saturated heterocycles. The minimum atomic E-state index is -1.12. The number of carbonyl (C=O) groups is 1. The molecule has 1 N–H and O–H groups in total. The van der Waals surface area contributed by atoms with Gasteiger partial charge in [0.15, 0.2) is 0 Å². The van der Waals surface area contributed by atoms with Gasteiger partial charge in [0.2, 0.25) is 11.7 Å². The SMILES string of the molecule is Cc1ccc(-c2nc(C(C)C)c(C(=O)O)o2)c(Cl)c1. The van der Waals surface area contributed by atoms with Crippen molar-refractivity contribution in [3.05, 3.63) is 40.2 Å². The van der Waals surface area contributed by atoms with E-state index in [9.17, 15) is 4.79 Å². The van der Waals surface area contributed by atoms with Crippen molar-refractivity contribution in [2.45, 2.75) is 26.7 Å². The molecule has 0 amide bonds. The highest BCUT2D eigenvalue weighted by atomic mass is 35.5. The van der Waals surface area contributed by atoms with Crippen molar-refractivity contribution in [3.63, 3.8) is 0 Å². The Kier molecular flexibility index (Phi) is 3.62. The Balaban J connectivity index is 2.57. The average Bonchev–Trinajstić information content (AvgIpc) is 2.73. The lowest BCUT2D eigenvalue weighted by molar-refractivity contribution is 0.0661. The number of aromatic nitrogens is 1. The largest absolute Gasteiger partial charge is 0.475 e. The summed E-state index contributed by atoms with van der Waals surface area (Å²) in [5, 5.41) is 9.62. The fourth-order valence-electron chi connectivity index (χ4n) is 1.79. The van der Waals surface area contributed by atoms with E-state index in [-0.39, 0.29) is 17.6 Å². The van der Waals surface area contributed by atoms with Crippen LogP contribution in [-0.2, 0) is 0 Å². The normalized spacial score (nSPS) is 11.0. The molecule has 1 aromatic carbocycles. The number of carboxylic acids is 1. The van der Waals surface area contributed by atoms with Gasteiger partial charge in [-0.3, -0.25) is 0 Å². The van der Waals surface area contributed by atoms with Gasteiger partial charge in [0.1, 0.15) is 0 Å². The molecule has 0 saturated carbocycles. The number of benzene rings is 1. The van der Waals surface area contributed by atoms with Gasteiger partial charge in [0.05, 0.1) is 16.3 Å². The van der Waals surface area contributed by atoms with Gasteiger partial charge in [-0.25, -0.2) is 9.78 Å². The van der Waals surface area contributed by atoms with E-state index in [0.717, 1.165) is 5.56 Å². The topological polar surface area (TPSA) is 63.3 Å². The Morgan fingerprint density at radius 1 is 1.42 bits per heavy atom. The smallest absolute Gasteiger partial charge is 0.373 e. The molecule has 4 nitrogen and oxygen atoms in total. The lowest BCUT2D eigenvalue weighted by Crippen LogP contribution is -2.01. The number of rotatable bonds is 3. The van der Waals surface area contributed by atoms with Crippen molar-refractivity contribution in [2.75, 3.05) is 0 Å². The van der Waals surface area contributed by atoms with Crippen LogP contribution in [0.15, 0.2) is 22.6 Å². The molecular formula is C14H14ClNO3. The highest BCUT2D eigenvalue weighted by Crippen LogP contribution is 2.31. The van der Waals surface area contributed by atoms with E-state index in [1.165, 1.54) is 0 Å². The first-order valence-corrected chi connectivity index (χ1v) is 6.28. The summed E-state index contributed by atoms with van der Waals surface area (Å²) in [5.74, 6) is -1.04. The highest BCUT2D eigenvalue weighted by Gasteiger charge is 2.23. The maximum absolute atomic E-state index is 11.1. The first kappa shape index (κ1) is 13.6. The summed E-state index contributed by atoms with van der Waals surface area (Å²) in [6, 6.07) is 5.44. The number of nitrogens with zero attached hydrogens (tertiary/aromatic N) is 1. The highest BCUT2D eigenvalue weighted by molar-refractivity contribution is 6.33. The number of aromatic carboxylic acids is 1. The van der Waals surface area contributed by atoms with Gasteiger partial charge in [-0.2, -0.15) is 0 Å². The molecule has 5 heteroatoms. The molecule has 0 atom stereocenters. The Morgan fingerprint density at radius 3 is 2.58 bits per heavy atom. The third kappa shape index (κ3) is 2.63. The lowest BCUT2D eigenvalue weighted by atomic mass is 10.1. The van der Waals surface area contributed by atoms with Crippen LogP contribution in [0, 0.1) is 6.92 Å². The number of oxazole rings is 1. The number of halogens is 1. The summed E-state index contributed by atoms with van der Waals surface area (Å²) in [5.41, 5.74) is 2.05. The molecule has 100 valence electrons. The Labute approximate surface area is 116 Å². The predicted molar refractivity (Wildman–Crippen MR) is 72.7 cm³/mol. The molecule has 0 unspecified atom stereocenters. The number of carboxylic acid groups (broad SMARTS) is 1. The van der Waals surface area contributed by atoms with E-state index >= 15 is 0 Å². The van der Waals surface area contributed by atoms with Gasteiger partial charge in [0.25, 0.3) is 0 Å². The summed E-state index contributed by atoms with van der Waals surface area (Å²) < 4.78 is 5.35. The van der Waals surface area contributed by atoms with Crippen LogP contribution in [0.3, 0.4) is 0 Å². The Bertz CT molecular complexity index is 632. The Hall–Kier alpha value is -1.81. The third-order valence-electron chi connectivity index (χ3n) is 2.75. The van der Waals surface area contributed by atoms with Gasteiger partial charge in [-0.1, -0.05) is 31.5 Å². The molecule has 0 radical (unpaired) electrons. The van der Waals surface area contributed by atoms with Crippen LogP contribution in [0.1, 0.15) is 41.6 Å². The Morgan fingerprint density at radius 2 is 2.11 bits per heavy atom. The molecule has 1 aromatic heterocycles. The minimum Gasteiger partial charge on any atom is -0.475 e. The van der Waals surface area contributed by atoms with Crippen LogP contribution < -0.4 is 0 Å². The molecule has 19 heavy (non-hydrogen) atoms. The summed E-state index contributed by atoms with van der Waals surface area (Å²) in [4.78, 5) is 15.4. The molecular weight excluding hydrogens is 266 g/mol. The summed E-state index contributed by atoms with van der Waals surface area (Å²) in [6.45, 7) is 5.66. The zero-order valence-electron chi connectivity index (χ0n) is 10.9. The van der Waals surface area contributed by atoms with E-state index < -0.39 is 5.97 Å².